The molecule has 0 aliphatic heterocycles. The van der Waals surface area contributed by atoms with Crippen molar-refractivity contribution in [1.82, 2.24) is 20.5 Å². The zero-order valence-electron chi connectivity index (χ0n) is 15.5. The van der Waals surface area contributed by atoms with E-state index in [9.17, 15) is 4.79 Å². The second-order valence-corrected chi connectivity index (χ2v) is 6.48. The number of aromatic nitrogens is 1. The Labute approximate surface area is 148 Å². The van der Waals surface area contributed by atoms with Gasteiger partial charge in [0, 0.05) is 20.1 Å². The molecular weight excluding hydrogens is 326 g/mol. The van der Waals surface area contributed by atoms with E-state index in [1.165, 1.54) is 11.3 Å². The van der Waals surface area contributed by atoms with Crippen molar-refractivity contribution in [1.29, 1.82) is 0 Å². The maximum absolute atomic E-state index is 11.9. The predicted molar refractivity (Wildman–Crippen MR) is 98.9 cm³/mol. The molecule has 7 nitrogen and oxygen atoms in total. The predicted octanol–water partition coefficient (Wildman–Crippen LogP) is 1.81. The summed E-state index contributed by atoms with van der Waals surface area (Å²) in [6.45, 7) is 10.9. The molecular formula is C16H29N5O2S. The van der Waals surface area contributed by atoms with E-state index in [1.807, 2.05) is 13.8 Å². The van der Waals surface area contributed by atoms with Gasteiger partial charge in [0.25, 0.3) is 0 Å². The van der Waals surface area contributed by atoms with E-state index < -0.39 is 0 Å². The Morgan fingerprint density at radius 1 is 1.46 bits per heavy atom. The minimum atomic E-state index is -0.309. The fraction of sp³-hybridized carbons (Fsp3) is 0.688. The molecule has 0 aliphatic rings. The van der Waals surface area contributed by atoms with Gasteiger partial charge in [-0.15, -0.1) is 11.3 Å². The minimum absolute atomic E-state index is 0.0491. The Hall–Kier alpha value is -1.67. The van der Waals surface area contributed by atoms with Crippen molar-refractivity contribution in [2.45, 2.75) is 33.7 Å². The van der Waals surface area contributed by atoms with Crippen LogP contribution in [0.5, 0.6) is 0 Å². The van der Waals surface area contributed by atoms with Crippen molar-refractivity contribution < 1.29 is 9.53 Å². The molecule has 1 atom stereocenters. The molecule has 0 bridgehead atoms. The second kappa shape index (κ2) is 10.2. The maximum atomic E-state index is 11.9. The van der Waals surface area contributed by atoms with E-state index in [0.717, 1.165) is 30.6 Å². The second-order valence-electron chi connectivity index (χ2n) is 5.45. The fourth-order valence-corrected chi connectivity index (χ4v) is 2.94. The summed E-state index contributed by atoms with van der Waals surface area (Å²) in [6, 6.07) is -0.0491. The third kappa shape index (κ3) is 6.09. The Morgan fingerprint density at radius 2 is 2.17 bits per heavy atom. The number of likely N-dealkylation sites (N-methyl/N-ethyl adjacent to an activating group) is 1. The molecule has 1 unspecified atom stereocenters. The van der Waals surface area contributed by atoms with Crippen LogP contribution in [0.4, 0.5) is 0 Å². The van der Waals surface area contributed by atoms with Crippen LogP contribution >= 0.6 is 11.3 Å². The van der Waals surface area contributed by atoms with Crippen LogP contribution in [0.25, 0.3) is 0 Å². The molecule has 1 aromatic rings. The SMILES string of the molecule is CCOC(=O)c1sc(C(C)NC(=NC)NCCN(C)CC)nc1C. The Balaban J connectivity index is 2.64. The van der Waals surface area contributed by atoms with Crippen molar-refractivity contribution >= 4 is 23.3 Å². The molecule has 136 valence electrons. The summed E-state index contributed by atoms with van der Waals surface area (Å²) in [5.41, 5.74) is 0.703. The van der Waals surface area contributed by atoms with Gasteiger partial charge in [0.05, 0.1) is 18.3 Å². The molecule has 2 N–H and O–H groups in total. The third-order valence-electron chi connectivity index (χ3n) is 3.55. The van der Waals surface area contributed by atoms with Gasteiger partial charge in [-0.25, -0.2) is 9.78 Å². The van der Waals surface area contributed by atoms with Gasteiger partial charge in [0.1, 0.15) is 9.88 Å². The number of hydrogen-bond donors (Lipinski definition) is 2. The van der Waals surface area contributed by atoms with E-state index in [1.54, 1.807) is 14.0 Å². The Bertz CT molecular complexity index is 559. The summed E-state index contributed by atoms with van der Waals surface area (Å²) in [4.78, 5) is 23.4. The monoisotopic (exact) mass is 355 g/mol. The van der Waals surface area contributed by atoms with Gasteiger partial charge in [0.2, 0.25) is 0 Å². The average Bonchev–Trinajstić information content (AvgIpc) is 2.95. The number of rotatable bonds is 8. The number of ether oxygens (including phenoxy) is 1. The number of guanidine groups is 1. The van der Waals surface area contributed by atoms with Crippen LogP contribution in [0.15, 0.2) is 4.99 Å². The molecule has 0 radical (unpaired) electrons. The van der Waals surface area contributed by atoms with Crippen LogP contribution in [0, 0.1) is 6.92 Å². The molecule has 1 rings (SSSR count). The van der Waals surface area contributed by atoms with E-state index in [0.29, 0.717) is 17.2 Å². The van der Waals surface area contributed by atoms with Crippen LogP contribution in [0.3, 0.4) is 0 Å². The first-order valence-corrected chi connectivity index (χ1v) is 9.04. The van der Waals surface area contributed by atoms with Crippen LogP contribution < -0.4 is 10.6 Å². The average molecular weight is 356 g/mol. The first-order valence-electron chi connectivity index (χ1n) is 8.23. The molecule has 24 heavy (non-hydrogen) atoms. The Kier molecular flexibility index (Phi) is 8.70. The number of carbonyl (C=O) groups is 1. The highest BCUT2D eigenvalue weighted by Crippen LogP contribution is 2.24. The van der Waals surface area contributed by atoms with E-state index in [4.69, 9.17) is 4.74 Å². The highest BCUT2D eigenvalue weighted by molar-refractivity contribution is 7.13. The smallest absolute Gasteiger partial charge is 0.350 e. The minimum Gasteiger partial charge on any atom is -0.462 e. The summed E-state index contributed by atoms with van der Waals surface area (Å²) in [5, 5.41) is 7.42. The number of esters is 1. The lowest BCUT2D eigenvalue weighted by Gasteiger charge is -2.18. The fourth-order valence-electron chi connectivity index (χ4n) is 1.97. The van der Waals surface area contributed by atoms with E-state index >= 15 is 0 Å². The molecule has 0 saturated heterocycles. The summed E-state index contributed by atoms with van der Waals surface area (Å²) < 4.78 is 5.06. The number of hydrogen-bond acceptors (Lipinski definition) is 6. The highest BCUT2D eigenvalue weighted by Gasteiger charge is 2.20. The zero-order valence-corrected chi connectivity index (χ0v) is 16.3. The summed E-state index contributed by atoms with van der Waals surface area (Å²) >= 11 is 1.36. The number of thiazole rings is 1. The van der Waals surface area contributed by atoms with Gasteiger partial charge in [-0.3, -0.25) is 4.99 Å². The number of nitrogens with zero attached hydrogens (tertiary/aromatic N) is 3. The van der Waals surface area contributed by atoms with Crippen LogP contribution in [0.1, 0.15) is 47.2 Å². The molecule has 1 heterocycles. The van der Waals surface area contributed by atoms with Crippen LogP contribution in [-0.4, -0.2) is 62.1 Å². The molecule has 0 amide bonds. The van der Waals surface area contributed by atoms with Crippen molar-refractivity contribution in [2.75, 3.05) is 40.3 Å². The van der Waals surface area contributed by atoms with Crippen molar-refractivity contribution in [3.63, 3.8) is 0 Å². The van der Waals surface area contributed by atoms with Gasteiger partial charge < -0.3 is 20.3 Å². The number of aryl methyl sites for hydroxylation is 1. The third-order valence-corrected chi connectivity index (χ3v) is 4.87. The molecule has 0 aromatic carbocycles. The lowest BCUT2D eigenvalue weighted by Crippen LogP contribution is -2.41. The molecule has 0 aliphatic carbocycles. The van der Waals surface area contributed by atoms with Gasteiger partial charge >= 0.3 is 5.97 Å². The van der Waals surface area contributed by atoms with Gasteiger partial charge in [0.15, 0.2) is 5.96 Å². The molecule has 0 saturated carbocycles. The maximum Gasteiger partial charge on any atom is 0.350 e. The largest absolute Gasteiger partial charge is 0.462 e. The van der Waals surface area contributed by atoms with E-state index in [-0.39, 0.29) is 12.0 Å². The standard InChI is InChI=1S/C16H29N5O2S/c1-7-21(6)10-9-18-16(17-5)20-12(4)14-19-11(3)13(24-14)15(22)23-8-2/h12H,7-10H2,1-6H3,(H2,17,18,20). The van der Waals surface area contributed by atoms with Crippen LogP contribution in [0.2, 0.25) is 0 Å². The normalized spacial score (nSPS) is 13.0. The lowest BCUT2D eigenvalue weighted by atomic mass is 10.3. The number of nitrogens with one attached hydrogen (secondary N) is 2. The summed E-state index contributed by atoms with van der Waals surface area (Å²) in [7, 11) is 3.82. The number of carbonyl (C=O) groups excluding carboxylic acids is 1. The molecule has 1 aromatic heterocycles. The van der Waals surface area contributed by atoms with Crippen molar-refractivity contribution in [2.24, 2.45) is 4.99 Å². The van der Waals surface area contributed by atoms with Gasteiger partial charge in [-0.1, -0.05) is 6.92 Å². The quantitative estimate of drug-likeness (QED) is 0.421. The first-order chi connectivity index (χ1) is 11.4. The van der Waals surface area contributed by atoms with Gasteiger partial charge in [-0.05, 0) is 34.4 Å². The summed E-state index contributed by atoms with van der Waals surface area (Å²) in [5.74, 6) is 0.411. The first kappa shape index (κ1) is 20.4. The highest BCUT2D eigenvalue weighted by atomic mass is 32.1. The van der Waals surface area contributed by atoms with Crippen molar-refractivity contribution in [3.8, 4) is 0 Å². The van der Waals surface area contributed by atoms with Crippen molar-refractivity contribution in [3.05, 3.63) is 15.6 Å². The molecule has 0 fully saturated rings. The van der Waals surface area contributed by atoms with E-state index in [2.05, 4.69) is 39.5 Å². The zero-order chi connectivity index (χ0) is 18.1. The van der Waals surface area contributed by atoms with Gasteiger partial charge in [-0.2, -0.15) is 0 Å². The van der Waals surface area contributed by atoms with Crippen LogP contribution in [-0.2, 0) is 4.74 Å². The molecule has 8 heteroatoms. The number of aliphatic imine (C=N–C) groups is 1. The molecule has 0 spiro atoms. The topological polar surface area (TPSA) is 78.8 Å². The summed E-state index contributed by atoms with van der Waals surface area (Å²) in [6.07, 6.45) is 0. The lowest BCUT2D eigenvalue weighted by molar-refractivity contribution is 0.0531. The Morgan fingerprint density at radius 3 is 2.75 bits per heavy atom.